The Labute approximate surface area is 96.0 Å². The van der Waals surface area contributed by atoms with Gasteiger partial charge in [-0.05, 0) is 30.9 Å². The van der Waals surface area contributed by atoms with Crippen molar-refractivity contribution in [3.05, 3.63) is 24.3 Å². The van der Waals surface area contributed by atoms with Crippen molar-refractivity contribution in [2.75, 3.05) is 11.1 Å². The normalized spacial score (nSPS) is 24.3. The maximum absolute atomic E-state index is 12.0. The van der Waals surface area contributed by atoms with Crippen molar-refractivity contribution in [1.29, 1.82) is 0 Å². The number of para-hydroxylation sites is 2. The molecule has 0 radical (unpaired) electrons. The molecule has 86 valence electrons. The highest BCUT2D eigenvalue weighted by molar-refractivity contribution is 5.95. The zero-order valence-corrected chi connectivity index (χ0v) is 9.57. The zero-order valence-electron chi connectivity index (χ0n) is 9.57. The molecule has 0 heterocycles. The largest absolute Gasteiger partial charge is 0.397 e. The number of carbonyl (C=O) groups excluding carboxylic acids is 1. The maximum atomic E-state index is 12.0. The molecule has 0 aliphatic heterocycles. The van der Waals surface area contributed by atoms with Gasteiger partial charge < -0.3 is 11.1 Å². The highest BCUT2D eigenvalue weighted by Gasteiger charge is 2.29. The van der Waals surface area contributed by atoms with E-state index in [-0.39, 0.29) is 11.8 Å². The zero-order chi connectivity index (χ0) is 11.5. The van der Waals surface area contributed by atoms with E-state index in [0.717, 1.165) is 24.9 Å². The molecule has 3 heteroatoms. The van der Waals surface area contributed by atoms with Gasteiger partial charge in [-0.2, -0.15) is 0 Å². The summed E-state index contributed by atoms with van der Waals surface area (Å²) in [6.07, 6.45) is 3.31. The van der Waals surface area contributed by atoms with E-state index in [0.29, 0.717) is 11.6 Å². The lowest BCUT2D eigenvalue weighted by molar-refractivity contribution is -0.120. The Morgan fingerprint density at radius 3 is 2.75 bits per heavy atom. The van der Waals surface area contributed by atoms with Crippen LogP contribution in [0.25, 0.3) is 0 Å². The Morgan fingerprint density at radius 1 is 1.38 bits per heavy atom. The molecule has 2 rings (SSSR count). The topological polar surface area (TPSA) is 55.1 Å². The molecule has 1 saturated carbocycles. The lowest BCUT2D eigenvalue weighted by atomic mass is 9.97. The van der Waals surface area contributed by atoms with Crippen LogP contribution in [0.2, 0.25) is 0 Å². The highest BCUT2D eigenvalue weighted by atomic mass is 16.1. The second kappa shape index (κ2) is 4.56. The van der Waals surface area contributed by atoms with Crippen LogP contribution in [-0.4, -0.2) is 5.91 Å². The standard InChI is InChI=1S/C13H18N2O/c1-9-5-4-6-10(9)13(16)15-12-8-3-2-7-11(12)14/h2-3,7-10H,4-6,14H2,1H3,(H,15,16). The Kier molecular flexibility index (Phi) is 3.13. The summed E-state index contributed by atoms with van der Waals surface area (Å²) in [6.45, 7) is 2.14. The second-order valence-corrected chi connectivity index (χ2v) is 4.59. The van der Waals surface area contributed by atoms with Gasteiger partial charge in [0.1, 0.15) is 0 Å². The van der Waals surface area contributed by atoms with Gasteiger partial charge in [-0.25, -0.2) is 0 Å². The number of anilines is 2. The molecule has 3 N–H and O–H groups in total. The van der Waals surface area contributed by atoms with Gasteiger partial charge in [-0.3, -0.25) is 4.79 Å². The van der Waals surface area contributed by atoms with E-state index in [1.165, 1.54) is 0 Å². The fourth-order valence-corrected chi connectivity index (χ4v) is 2.37. The first kappa shape index (κ1) is 11.0. The Hall–Kier alpha value is -1.51. The van der Waals surface area contributed by atoms with E-state index in [9.17, 15) is 4.79 Å². The third-order valence-electron chi connectivity index (χ3n) is 3.42. The number of nitrogens with two attached hydrogens (primary N) is 1. The first-order valence-corrected chi connectivity index (χ1v) is 5.84. The molecule has 1 aromatic rings. The smallest absolute Gasteiger partial charge is 0.227 e. The minimum Gasteiger partial charge on any atom is -0.397 e. The van der Waals surface area contributed by atoms with Crippen LogP contribution in [0.3, 0.4) is 0 Å². The quantitative estimate of drug-likeness (QED) is 0.750. The third kappa shape index (κ3) is 2.18. The molecule has 1 aliphatic carbocycles. The molecule has 1 aliphatic rings. The van der Waals surface area contributed by atoms with Crippen LogP contribution < -0.4 is 11.1 Å². The molecule has 1 aromatic carbocycles. The Morgan fingerprint density at radius 2 is 2.12 bits per heavy atom. The average Bonchev–Trinajstić information content (AvgIpc) is 2.68. The van der Waals surface area contributed by atoms with Gasteiger partial charge in [0.15, 0.2) is 0 Å². The van der Waals surface area contributed by atoms with Gasteiger partial charge in [-0.15, -0.1) is 0 Å². The first-order chi connectivity index (χ1) is 7.68. The lowest BCUT2D eigenvalue weighted by Gasteiger charge is -2.15. The van der Waals surface area contributed by atoms with E-state index in [1.54, 1.807) is 6.07 Å². The summed E-state index contributed by atoms with van der Waals surface area (Å²) < 4.78 is 0. The molecule has 3 nitrogen and oxygen atoms in total. The molecule has 1 amide bonds. The van der Waals surface area contributed by atoms with E-state index < -0.39 is 0 Å². The summed E-state index contributed by atoms with van der Waals surface area (Å²) in [6, 6.07) is 7.38. The van der Waals surface area contributed by atoms with E-state index >= 15 is 0 Å². The summed E-state index contributed by atoms with van der Waals surface area (Å²) in [5, 5.41) is 2.92. The fourth-order valence-electron chi connectivity index (χ4n) is 2.37. The number of hydrogen-bond acceptors (Lipinski definition) is 2. The minimum absolute atomic E-state index is 0.114. The number of hydrogen-bond donors (Lipinski definition) is 2. The SMILES string of the molecule is CC1CCCC1C(=O)Nc1ccccc1N. The summed E-state index contributed by atoms with van der Waals surface area (Å²) in [5.41, 5.74) is 7.14. The van der Waals surface area contributed by atoms with Gasteiger partial charge in [0.05, 0.1) is 11.4 Å². The van der Waals surface area contributed by atoms with E-state index in [4.69, 9.17) is 5.73 Å². The van der Waals surface area contributed by atoms with Crippen molar-refractivity contribution in [2.45, 2.75) is 26.2 Å². The molecule has 1 fully saturated rings. The van der Waals surface area contributed by atoms with Crippen LogP contribution in [-0.2, 0) is 4.79 Å². The minimum atomic E-state index is 0.114. The van der Waals surface area contributed by atoms with Crippen molar-refractivity contribution >= 4 is 17.3 Å². The number of nitrogen functional groups attached to an aromatic ring is 1. The summed E-state index contributed by atoms with van der Waals surface area (Å²) >= 11 is 0. The molecular weight excluding hydrogens is 200 g/mol. The molecule has 16 heavy (non-hydrogen) atoms. The predicted octanol–water partition coefficient (Wildman–Crippen LogP) is 2.64. The molecule has 0 aromatic heterocycles. The summed E-state index contributed by atoms with van der Waals surface area (Å²) in [4.78, 5) is 12.0. The van der Waals surface area contributed by atoms with Crippen LogP contribution in [0.5, 0.6) is 0 Å². The van der Waals surface area contributed by atoms with Crippen LogP contribution in [0.4, 0.5) is 11.4 Å². The van der Waals surface area contributed by atoms with Crippen LogP contribution in [0.1, 0.15) is 26.2 Å². The number of amides is 1. The molecule has 0 bridgehead atoms. The van der Waals surface area contributed by atoms with Crippen LogP contribution in [0.15, 0.2) is 24.3 Å². The number of benzene rings is 1. The molecular formula is C13H18N2O. The van der Waals surface area contributed by atoms with E-state index in [1.807, 2.05) is 18.2 Å². The van der Waals surface area contributed by atoms with Gasteiger partial charge in [-0.1, -0.05) is 25.5 Å². The van der Waals surface area contributed by atoms with Crippen molar-refractivity contribution in [1.82, 2.24) is 0 Å². The molecule has 0 spiro atoms. The second-order valence-electron chi connectivity index (χ2n) is 4.59. The third-order valence-corrected chi connectivity index (χ3v) is 3.42. The summed E-state index contributed by atoms with van der Waals surface area (Å²) in [7, 11) is 0. The molecule has 0 saturated heterocycles. The summed E-state index contributed by atoms with van der Waals surface area (Å²) in [5.74, 6) is 0.757. The van der Waals surface area contributed by atoms with Crippen LogP contribution in [0, 0.1) is 11.8 Å². The van der Waals surface area contributed by atoms with Gasteiger partial charge in [0.25, 0.3) is 0 Å². The average molecular weight is 218 g/mol. The Balaban J connectivity index is 2.05. The molecule has 2 unspecified atom stereocenters. The van der Waals surface area contributed by atoms with Gasteiger partial charge in [0, 0.05) is 5.92 Å². The highest BCUT2D eigenvalue weighted by Crippen LogP contribution is 2.32. The number of carbonyl (C=O) groups is 1. The number of nitrogens with one attached hydrogen (secondary N) is 1. The first-order valence-electron chi connectivity index (χ1n) is 5.84. The predicted molar refractivity (Wildman–Crippen MR) is 66.0 cm³/mol. The van der Waals surface area contributed by atoms with Crippen LogP contribution >= 0.6 is 0 Å². The molecule has 2 atom stereocenters. The van der Waals surface area contributed by atoms with Gasteiger partial charge in [0.2, 0.25) is 5.91 Å². The fraction of sp³-hybridized carbons (Fsp3) is 0.462. The van der Waals surface area contributed by atoms with Crippen molar-refractivity contribution < 1.29 is 4.79 Å². The van der Waals surface area contributed by atoms with Crippen molar-refractivity contribution in [3.63, 3.8) is 0 Å². The number of rotatable bonds is 2. The maximum Gasteiger partial charge on any atom is 0.227 e. The van der Waals surface area contributed by atoms with Gasteiger partial charge >= 0.3 is 0 Å². The monoisotopic (exact) mass is 218 g/mol. The lowest BCUT2D eigenvalue weighted by Crippen LogP contribution is -2.24. The Bertz CT molecular complexity index is 389. The van der Waals surface area contributed by atoms with Crippen molar-refractivity contribution in [2.24, 2.45) is 11.8 Å². The van der Waals surface area contributed by atoms with E-state index in [2.05, 4.69) is 12.2 Å². The van der Waals surface area contributed by atoms with Crippen molar-refractivity contribution in [3.8, 4) is 0 Å².